The van der Waals surface area contributed by atoms with Gasteiger partial charge in [-0.3, -0.25) is 4.90 Å². The van der Waals surface area contributed by atoms with Crippen molar-refractivity contribution in [2.45, 2.75) is 58.0 Å². The molecule has 1 aliphatic rings. The maximum Gasteiger partial charge on any atom is 0.0795 e. The molecule has 2 atom stereocenters. The lowest BCUT2D eigenvalue weighted by Gasteiger charge is -2.40. The van der Waals surface area contributed by atoms with E-state index in [9.17, 15) is 0 Å². The fourth-order valence-electron chi connectivity index (χ4n) is 3.55. The molecule has 1 fully saturated rings. The fraction of sp³-hybridized carbons (Fsp3) is 0.812. The van der Waals surface area contributed by atoms with Crippen molar-refractivity contribution in [3.8, 4) is 0 Å². The highest BCUT2D eigenvalue weighted by Gasteiger charge is 2.36. The summed E-state index contributed by atoms with van der Waals surface area (Å²) in [5, 5.41) is 2.15. The third-order valence-electron chi connectivity index (χ3n) is 5.21. The Morgan fingerprint density at radius 1 is 1.45 bits per heavy atom. The quantitative estimate of drug-likeness (QED) is 0.845. The van der Waals surface area contributed by atoms with Crippen molar-refractivity contribution < 1.29 is 0 Å². The third-order valence-corrected chi connectivity index (χ3v) is 5.85. The number of thiazole rings is 1. The van der Waals surface area contributed by atoms with Gasteiger partial charge in [-0.1, -0.05) is 26.7 Å². The van der Waals surface area contributed by atoms with Gasteiger partial charge in [0.2, 0.25) is 0 Å². The SMILES string of the molecule is CC(C)C1CCCC(CN)(N(C)Cc2cscn2)CC1. The summed E-state index contributed by atoms with van der Waals surface area (Å²) >= 11 is 1.67. The topological polar surface area (TPSA) is 42.1 Å². The van der Waals surface area contributed by atoms with E-state index in [0.29, 0.717) is 0 Å². The van der Waals surface area contributed by atoms with Crippen molar-refractivity contribution in [2.75, 3.05) is 13.6 Å². The molecule has 0 bridgehead atoms. The Kier molecular flexibility index (Phi) is 5.58. The first kappa shape index (κ1) is 15.9. The molecule has 2 rings (SSSR count). The van der Waals surface area contributed by atoms with Crippen molar-refractivity contribution in [3.05, 3.63) is 16.6 Å². The van der Waals surface area contributed by atoms with Gasteiger partial charge in [0.15, 0.2) is 0 Å². The molecule has 0 aromatic carbocycles. The fourth-order valence-corrected chi connectivity index (χ4v) is 4.10. The van der Waals surface area contributed by atoms with Crippen LogP contribution in [0.3, 0.4) is 0 Å². The van der Waals surface area contributed by atoms with Crippen molar-refractivity contribution in [3.63, 3.8) is 0 Å². The molecule has 20 heavy (non-hydrogen) atoms. The van der Waals surface area contributed by atoms with Crippen LogP contribution >= 0.6 is 11.3 Å². The molecule has 2 unspecified atom stereocenters. The summed E-state index contributed by atoms with van der Waals surface area (Å²) < 4.78 is 0. The minimum atomic E-state index is 0.174. The molecule has 4 heteroatoms. The molecule has 0 amide bonds. The highest BCUT2D eigenvalue weighted by Crippen LogP contribution is 2.37. The monoisotopic (exact) mass is 295 g/mol. The Morgan fingerprint density at radius 3 is 2.85 bits per heavy atom. The highest BCUT2D eigenvalue weighted by molar-refractivity contribution is 7.07. The summed E-state index contributed by atoms with van der Waals surface area (Å²) in [6.45, 7) is 6.41. The van der Waals surface area contributed by atoms with Gasteiger partial charge in [0.25, 0.3) is 0 Å². The van der Waals surface area contributed by atoms with Crippen molar-refractivity contribution in [1.29, 1.82) is 0 Å². The molecule has 1 heterocycles. The molecule has 0 saturated heterocycles. The van der Waals surface area contributed by atoms with Crippen molar-refractivity contribution in [1.82, 2.24) is 9.88 Å². The second-order valence-corrected chi connectivity index (χ2v) is 7.42. The number of aromatic nitrogens is 1. The number of nitrogens with two attached hydrogens (primary N) is 1. The third kappa shape index (κ3) is 3.60. The van der Waals surface area contributed by atoms with E-state index in [4.69, 9.17) is 5.73 Å². The van der Waals surface area contributed by atoms with E-state index in [1.54, 1.807) is 11.3 Å². The molecule has 1 aromatic rings. The second kappa shape index (κ2) is 7.01. The maximum atomic E-state index is 6.20. The van der Waals surface area contributed by atoms with Gasteiger partial charge in [0, 0.05) is 24.0 Å². The predicted octanol–water partition coefficient (Wildman–Crippen LogP) is 3.51. The van der Waals surface area contributed by atoms with E-state index in [0.717, 1.165) is 24.9 Å². The molecule has 1 saturated carbocycles. The van der Waals surface area contributed by atoms with Crippen LogP contribution in [0.25, 0.3) is 0 Å². The van der Waals surface area contributed by atoms with E-state index in [2.05, 4.69) is 36.2 Å². The average molecular weight is 295 g/mol. The maximum absolute atomic E-state index is 6.20. The van der Waals surface area contributed by atoms with Crippen LogP contribution in [0.5, 0.6) is 0 Å². The minimum Gasteiger partial charge on any atom is -0.329 e. The lowest BCUT2D eigenvalue weighted by Crippen LogP contribution is -2.51. The Morgan fingerprint density at radius 2 is 2.25 bits per heavy atom. The first-order valence-electron chi connectivity index (χ1n) is 7.86. The van der Waals surface area contributed by atoms with E-state index in [1.807, 2.05) is 5.51 Å². The molecule has 2 N–H and O–H groups in total. The summed E-state index contributed by atoms with van der Waals surface area (Å²) in [6.07, 6.45) is 6.45. The number of rotatable bonds is 5. The molecular weight excluding hydrogens is 266 g/mol. The smallest absolute Gasteiger partial charge is 0.0795 e. The highest BCUT2D eigenvalue weighted by atomic mass is 32.1. The van der Waals surface area contributed by atoms with Crippen LogP contribution in [0.15, 0.2) is 10.9 Å². The molecule has 1 aliphatic carbocycles. The van der Waals surface area contributed by atoms with E-state index in [1.165, 1.54) is 37.8 Å². The molecule has 0 radical (unpaired) electrons. The summed E-state index contributed by atoms with van der Waals surface area (Å²) in [5.74, 6) is 1.67. The first-order valence-corrected chi connectivity index (χ1v) is 8.80. The van der Waals surface area contributed by atoms with Gasteiger partial charge < -0.3 is 5.73 Å². The van der Waals surface area contributed by atoms with Gasteiger partial charge in [-0.25, -0.2) is 4.98 Å². The zero-order valence-corrected chi connectivity index (χ0v) is 14.0. The van der Waals surface area contributed by atoms with E-state index < -0.39 is 0 Å². The normalized spacial score (nSPS) is 28.0. The van der Waals surface area contributed by atoms with Crippen LogP contribution in [0.4, 0.5) is 0 Å². The summed E-state index contributed by atoms with van der Waals surface area (Å²) in [5.41, 5.74) is 9.47. The predicted molar refractivity (Wildman–Crippen MR) is 86.8 cm³/mol. The lowest BCUT2D eigenvalue weighted by atomic mass is 9.85. The van der Waals surface area contributed by atoms with E-state index >= 15 is 0 Å². The van der Waals surface area contributed by atoms with Gasteiger partial charge in [0.1, 0.15) is 0 Å². The van der Waals surface area contributed by atoms with Crippen LogP contribution < -0.4 is 5.73 Å². The molecular formula is C16H29N3S. The van der Waals surface area contributed by atoms with Gasteiger partial charge in [0.05, 0.1) is 11.2 Å². The van der Waals surface area contributed by atoms with Gasteiger partial charge >= 0.3 is 0 Å². The van der Waals surface area contributed by atoms with Crippen LogP contribution in [-0.2, 0) is 6.54 Å². The van der Waals surface area contributed by atoms with Crippen LogP contribution in [-0.4, -0.2) is 29.0 Å². The molecule has 1 aromatic heterocycles. The average Bonchev–Trinajstić information content (AvgIpc) is 2.82. The molecule has 0 aliphatic heterocycles. The first-order chi connectivity index (χ1) is 9.57. The zero-order valence-electron chi connectivity index (χ0n) is 13.1. The van der Waals surface area contributed by atoms with Gasteiger partial charge in [-0.2, -0.15) is 0 Å². The standard InChI is InChI=1S/C16H29N3S/c1-13(2)14-5-4-7-16(11-17,8-6-14)19(3)9-15-10-20-12-18-15/h10,12-14H,4-9,11,17H2,1-3H3. The van der Waals surface area contributed by atoms with Crippen LogP contribution in [0, 0.1) is 11.8 Å². The summed E-state index contributed by atoms with van der Waals surface area (Å²) in [4.78, 5) is 6.88. The molecule has 114 valence electrons. The Hall–Kier alpha value is -0.450. The van der Waals surface area contributed by atoms with E-state index in [-0.39, 0.29) is 5.54 Å². The number of likely N-dealkylation sites (N-methyl/N-ethyl adjacent to an activating group) is 1. The Balaban J connectivity index is 2.04. The Bertz CT molecular complexity index is 390. The number of hydrogen-bond acceptors (Lipinski definition) is 4. The van der Waals surface area contributed by atoms with Crippen molar-refractivity contribution in [2.24, 2.45) is 17.6 Å². The number of hydrogen-bond donors (Lipinski definition) is 1. The van der Waals surface area contributed by atoms with Crippen molar-refractivity contribution >= 4 is 11.3 Å². The van der Waals surface area contributed by atoms with Crippen LogP contribution in [0.2, 0.25) is 0 Å². The number of nitrogens with zero attached hydrogens (tertiary/aromatic N) is 2. The van der Waals surface area contributed by atoms with Gasteiger partial charge in [-0.05, 0) is 38.1 Å². The van der Waals surface area contributed by atoms with Crippen LogP contribution in [0.1, 0.15) is 51.6 Å². The minimum absolute atomic E-state index is 0.174. The largest absolute Gasteiger partial charge is 0.329 e. The van der Waals surface area contributed by atoms with Gasteiger partial charge in [-0.15, -0.1) is 11.3 Å². The second-order valence-electron chi connectivity index (χ2n) is 6.70. The summed E-state index contributed by atoms with van der Waals surface area (Å²) in [7, 11) is 2.22. The molecule has 0 spiro atoms. The summed E-state index contributed by atoms with van der Waals surface area (Å²) in [6, 6.07) is 0. The zero-order chi connectivity index (χ0) is 14.6. The Labute approximate surface area is 127 Å². The lowest BCUT2D eigenvalue weighted by molar-refractivity contribution is 0.0964. The molecule has 3 nitrogen and oxygen atoms in total.